The van der Waals surface area contributed by atoms with Crippen molar-refractivity contribution in [2.75, 3.05) is 25.5 Å². The Morgan fingerprint density at radius 2 is 2.12 bits per heavy atom. The number of methoxy groups -OCH3 is 1. The molecule has 0 fully saturated rings. The zero-order valence-corrected chi connectivity index (χ0v) is 15.0. The summed E-state index contributed by atoms with van der Waals surface area (Å²) in [5.74, 6) is -0.918. The molecule has 0 saturated carbocycles. The summed E-state index contributed by atoms with van der Waals surface area (Å²) in [5.41, 5.74) is 1.44. The van der Waals surface area contributed by atoms with Gasteiger partial charge in [-0.2, -0.15) is 0 Å². The van der Waals surface area contributed by atoms with E-state index in [0.717, 1.165) is 30.1 Å². The van der Waals surface area contributed by atoms with E-state index in [1.54, 1.807) is 24.3 Å². The summed E-state index contributed by atoms with van der Waals surface area (Å²) in [4.78, 5) is 27.7. The molecule has 132 valence electrons. The number of hydrogen-bond donors (Lipinski definition) is 2. The van der Waals surface area contributed by atoms with E-state index in [1.807, 2.05) is 0 Å². The number of carboxylic acids is 1. The first-order chi connectivity index (χ1) is 12.0. The SMILES string of the molecule is CCN1CCc2c(sc(NC(=O)c3ccccc3OC)c2C(=O)O)C1. The molecule has 0 spiro atoms. The molecule has 1 aromatic heterocycles. The number of nitrogens with zero attached hydrogens (tertiary/aromatic N) is 1. The first-order valence-corrected chi connectivity index (χ1v) is 8.91. The first-order valence-electron chi connectivity index (χ1n) is 8.09. The number of likely N-dealkylation sites (N-methyl/N-ethyl adjacent to an activating group) is 1. The van der Waals surface area contributed by atoms with Gasteiger partial charge >= 0.3 is 5.97 Å². The van der Waals surface area contributed by atoms with Gasteiger partial charge in [-0.3, -0.25) is 9.69 Å². The van der Waals surface area contributed by atoms with Gasteiger partial charge in [-0.15, -0.1) is 11.3 Å². The number of thiophene rings is 1. The highest BCUT2D eigenvalue weighted by Crippen LogP contribution is 2.37. The van der Waals surface area contributed by atoms with Crippen LogP contribution < -0.4 is 10.1 Å². The number of para-hydroxylation sites is 1. The Morgan fingerprint density at radius 3 is 2.80 bits per heavy atom. The third-order valence-corrected chi connectivity index (χ3v) is 5.51. The minimum atomic E-state index is -1.00. The van der Waals surface area contributed by atoms with Gasteiger partial charge in [-0.25, -0.2) is 4.79 Å². The Balaban J connectivity index is 1.93. The maximum atomic E-state index is 12.6. The Bertz CT molecular complexity index is 815. The smallest absolute Gasteiger partial charge is 0.339 e. The molecule has 2 aromatic rings. The molecule has 0 atom stereocenters. The maximum absolute atomic E-state index is 12.6. The molecule has 1 aliphatic heterocycles. The second-order valence-electron chi connectivity index (χ2n) is 5.79. The molecule has 25 heavy (non-hydrogen) atoms. The fraction of sp³-hybridized carbons (Fsp3) is 0.333. The van der Waals surface area contributed by atoms with Crippen molar-refractivity contribution in [3.8, 4) is 5.75 Å². The topological polar surface area (TPSA) is 78.9 Å². The minimum Gasteiger partial charge on any atom is -0.496 e. The van der Waals surface area contributed by atoms with E-state index in [1.165, 1.54) is 18.4 Å². The van der Waals surface area contributed by atoms with Crippen LogP contribution in [-0.4, -0.2) is 42.1 Å². The number of hydrogen-bond acceptors (Lipinski definition) is 5. The van der Waals surface area contributed by atoms with Crippen LogP contribution in [0.3, 0.4) is 0 Å². The lowest BCUT2D eigenvalue weighted by Crippen LogP contribution is -2.29. The predicted octanol–water partition coefficient (Wildman–Crippen LogP) is 3.09. The summed E-state index contributed by atoms with van der Waals surface area (Å²) in [7, 11) is 1.50. The van der Waals surface area contributed by atoms with E-state index in [2.05, 4.69) is 17.1 Å². The van der Waals surface area contributed by atoms with Crippen LogP contribution in [0.2, 0.25) is 0 Å². The van der Waals surface area contributed by atoms with Crippen molar-refractivity contribution in [3.63, 3.8) is 0 Å². The molecule has 0 bridgehead atoms. The Hall–Kier alpha value is -2.38. The molecule has 2 N–H and O–H groups in total. The van der Waals surface area contributed by atoms with Crippen LogP contribution in [0.5, 0.6) is 5.75 Å². The van der Waals surface area contributed by atoms with Crippen LogP contribution in [0.4, 0.5) is 5.00 Å². The number of anilines is 1. The number of rotatable bonds is 5. The van der Waals surface area contributed by atoms with E-state index in [-0.39, 0.29) is 11.5 Å². The number of ether oxygens (including phenoxy) is 1. The Kier molecular flexibility index (Phi) is 5.06. The molecule has 3 rings (SSSR count). The molecule has 0 radical (unpaired) electrons. The number of nitrogens with one attached hydrogen (secondary N) is 1. The molecule has 1 aromatic carbocycles. The largest absolute Gasteiger partial charge is 0.496 e. The van der Waals surface area contributed by atoms with Gasteiger partial charge in [0.1, 0.15) is 10.8 Å². The van der Waals surface area contributed by atoms with E-state index >= 15 is 0 Å². The molecule has 0 unspecified atom stereocenters. The standard InChI is InChI=1S/C18H20N2O4S/c1-3-20-9-8-12-14(10-20)25-17(15(12)18(22)23)19-16(21)11-6-4-5-7-13(11)24-2/h4-7H,3,8-10H2,1-2H3,(H,19,21)(H,22,23). The van der Waals surface area contributed by atoms with E-state index < -0.39 is 5.97 Å². The molecule has 0 saturated heterocycles. The fourth-order valence-corrected chi connectivity index (χ4v) is 4.32. The quantitative estimate of drug-likeness (QED) is 0.857. The zero-order valence-electron chi connectivity index (χ0n) is 14.2. The van der Waals surface area contributed by atoms with Crippen LogP contribution in [0.15, 0.2) is 24.3 Å². The summed E-state index contributed by atoms with van der Waals surface area (Å²) in [6.45, 7) is 4.56. The molecule has 0 aliphatic carbocycles. The monoisotopic (exact) mass is 360 g/mol. The zero-order chi connectivity index (χ0) is 18.0. The fourth-order valence-electron chi connectivity index (χ4n) is 3.04. The molecule has 1 aliphatic rings. The van der Waals surface area contributed by atoms with Gasteiger partial charge in [0.25, 0.3) is 5.91 Å². The lowest BCUT2D eigenvalue weighted by molar-refractivity contribution is 0.0696. The average Bonchev–Trinajstić information content (AvgIpc) is 2.98. The predicted molar refractivity (Wildman–Crippen MR) is 96.9 cm³/mol. The molecular formula is C18H20N2O4S. The number of fused-ring (bicyclic) bond motifs is 1. The Morgan fingerprint density at radius 1 is 1.36 bits per heavy atom. The van der Waals surface area contributed by atoms with Crippen molar-refractivity contribution in [1.82, 2.24) is 4.90 Å². The number of benzene rings is 1. The summed E-state index contributed by atoms with van der Waals surface area (Å²) in [5, 5.41) is 12.8. The van der Waals surface area contributed by atoms with Crippen LogP contribution in [0, 0.1) is 0 Å². The first kappa shape index (κ1) is 17.4. The van der Waals surface area contributed by atoms with Gasteiger partial charge in [0.2, 0.25) is 0 Å². The molecule has 7 heteroatoms. The van der Waals surface area contributed by atoms with Crippen molar-refractivity contribution in [1.29, 1.82) is 0 Å². The van der Waals surface area contributed by atoms with Gasteiger partial charge in [0.15, 0.2) is 0 Å². The van der Waals surface area contributed by atoms with Crippen LogP contribution in [0.1, 0.15) is 38.1 Å². The highest BCUT2D eigenvalue weighted by atomic mass is 32.1. The van der Waals surface area contributed by atoms with Gasteiger partial charge in [0.05, 0.1) is 18.2 Å². The molecular weight excluding hydrogens is 340 g/mol. The van der Waals surface area contributed by atoms with Gasteiger partial charge < -0.3 is 15.2 Å². The normalized spacial score (nSPS) is 14.0. The lowest BCUT2D eigenvalue weighted by Gasteiger charge is -2.25. The van der Waals surface area contributed by atoms with Crippen molar-refractivity contribution in [2.24, 2.45) is 0 Å². The van der Waals surface area contributed by atoms with Crippen LogP contribution in [-0.2, 0) is 13.0 Å². The maximum Gasteiger partial charge on any atom is 0.339 e. The van der Waals surface area contributed by atoms with Crippen LogP contribution in [0.25, 0.3) is 0 Å². The third-order valence-electron chi connectivity index (χ3n) is 4.38. The van der Waals surface area contributed by atoms with E-state index in [9.17, 15) is 14.7 Å². The van der Waals surface area contributed by atoms with Crippen molar-refractivity contribution in [3.05, 3.63) is 45.8 Å². The molecule has 1 amide bonds. The van der Waals surface area contributed by atoms with Gasteiger partial charge in [-0.05, 0) is 30.7 Å². The van der Waals surface area contributed by atoms with E-state index in [4.69, 9.17) is 4.74 Å². The number of aromatic carboxylic acids is 1. The van der Waals surface area contributed by atoms with Crippen molar-refractivity contribution >= 4 is 28.2 Å². The second-order valence-corrected chi connectivity index (χ2v) is 6.89. The van der Waals surface area contributed by atoms with Crippen molar-refractivity contribution in [2.45, 2.75) is 19.9 Å². The minimum absolute atomic E-state index is 0.221. The molecule has 6 nitrogen and oxygen atoms in total. The average molecular weight is 360 g/mol. The van der Waals surface area contributed by atoms with Gasteiger partial charge in [0, 0.05) is 18.0 Å². The summed E-state index contributed by atoms with van der Waals surface area (Å²) in [6.07, 6.45) is 0.686. The molecule has 2 heterocycles. The number of carbonyl (C=O) groups is 2. The summed E-state index contributed by atoms with van der Waals surface area (Å²) >= 11 is 1.35. The lowest BCUT2D eigenvalue weighted by atomic mass is 10.0. The number of carboxylic acid groups (broad SMARTS) is 1. The number of carbonyl (C=O) groups excluding carboxylic acids is 1. The van der Waals surface area contributed by atoms with Gasteiger partial charge in [-0.1, -0.05) is 19.1 Å². The van der Waals surface area contributed by atoms with Crippen LogP contribution >= 0.6 is 11.3 Å². The summed E-state index contributed by atoms with van der Waals surface area (Å²) in [6, 6.07) is 6.88. The summed E-state index contributed by atoms with van der Waals surface area (Å²) < 4.78 is 5.21. The van der Waals surface area contributed by atoms with Crippen molar-refractivity contribution < 1.29 is 19.4 Å². The highest BCUT2D eigenvalue weighted by Gasteiger charge is 2.28. The van der Waals surface area contributed by atoms with E-state index in [0.29, 0.717) is 22.7 Å². The Labute approximate surface area is 150 Å². The third kappa shape index (κ3) is 3.38. The second kappa shape index (κ2) is 7.25. The highest BCUT2D eigenvalue weighted by molar-refractivity contribution is 7.17. The number of amides is 1.